The van der Waals surface area contributed by atoms with Gasteiger partial charge in [0.05, 0.1) is 51.1 Å². The van der Waals surface area contributed by atoms with Crippen molar-refractivity contribution < 1.29 is 24.5 Å². The largest absolute Gasteiger partial charge is 0.381 e. The van der Waals surface area contributed by atoms with Gasteiger partial charge in [-0.3, -0.25) is 19.5 Å². The highest BCUT2D eigenvalue weighted by molar-refractivity contribution is 6.12. The summed E-state index contributed by atoms with van der Waals surface area (Å²) in [5.41, 5.74) is 5.89. The number of carbonyl (C=O) groups excluding carboxylic acids is 2. The van der Waals surface area contributed by atoms with Crippen LogP contribution in [0.25, 0.3) is 5.65 Å². The highest BCUT2D eigenvalue weighted by atomic mass is 19.1. The van der Waals surface area contributed by atoms with E-state index in [4.69, 9.17) is 11.8 Å². The van der Waals surface area contributed by atoms with Crippen molar-refractivity contribution in [1.82, 2.24) is 29.4 Å². The second-order valence-electron chi connectivity index (χ2n) is 10.0. The Labute approximate surface area is 224 Å². The number of aromatic nitrogens is 4. The number of fused-ring (bicyclic) bond motifs is 1. The zero-order chi connectivity index (χ0) is 28.0. The molecular formula is C25H29F2N9O3. The normalized spacial score (nSPS) is 19.7. The maximum Gasteiger partial charge on any atom is 0.263 e. The number of nitrogen functional groups attached to an aromatic ring is 1. The van der Waals surface area contributed by atoms with Gasteiger partial charge in [-0.1, -0.05) is 0 Å². The molecule has 0 unspecified atom stereocenters. The molecule has 0 saturated carbocycles. The van der Waals surface area contributed by atoms with E-state index in [0.717, 1.165) is 43.2 Å². The average molecular weight is 547 g/mol. The smallest absolute Gasteiger partial charge is 0.263 e. The van der Waals surface area contributed by atoms with Gasteiger partial charge in [-0.25, -0.2) is 18.3 Å². The van der Waals surface area contributed by atoms with Gasteiger partial charge in [0.2, 0.25) is 5.91 Å². The van der Waals surface area contributed by atoms with Crippen molar-refractivity contribution in [2.24, 2.45) is 5.92 Å². The zero-order valence-electron chi connectivity index (χ0n) is 22.1. The number of pyridine rings is 1. The highest BCUT2D eigenvalue weighted by Crippen LogP contribution is 2.33. The van der Waals surface area contributed by atoms with Gasteiger partial charge in [-0.15, -0.1) is 5.10 Å². The van der Waals surface area contributed by atoms with Gasteiger partial charge in [-0.05, 0) is 12.8 Å². The topological polar surface area (TPSA) is 134 Å². The minimum Gasteiger partial charge on any atom is -0.381 e. The molecule has 3 N–H and O–H groups in total. The van der Waals surface area contributed by atoms with E-state index in [0.29, 0.717) is 45.1 Å². The Hall–Kier alpha value is -3.91. The number of amides is 2. The van der Waals surface area contributed by atoms with E-state index >= 15 is 4.39 Å². The Bertz CT molecular complexity index is 1450. The molecule has 0 aliphatic carbocycles. The molecule has 0 aromatic carbocycles. The molecule has 3 aliphatic heterocycles. The number of rotatable bonds is 5. The standard InChI is InChI=1S/C25H29F2N9O3/c26-16-9-30-23-20(22(28)32-36(23)12-16)24(37)31-19-11-29-10-18(27)21(19)34-3-1-15(2-4-34)25(38)35-7-5-33(6-8-35)17-13-39-14-17/h9-12,15,17H,1-8,13-14H2,(H2,28,32)(H,31,37)/i5+1,6+1,7+1,8+1,9D. The number of piperidine rings is 1. The van der Waals surface area contributed by atoms with Crippen LogP contribution in [0.15, 0.2) is 24.8 Å². The molecule has 6 rings (SSSR count). The van der Waals surface area contributed by atoms with Crippen LogP contribution in [0.4, 0.5) is 26.0 Å². The predicted octanol–water partition coefficient (Wildman–Crippen LogP) is 0.996. The number of nitrogens with zero attached hydrogens (tertiary/aromatic N) is 7. The van der Waals surface area contributed by atoms with Gasteiger partial charge in [0.15, 0.2) is 23.1 Å². The Balaban J connectivity index is 1.13. The maximum atomic E-state index is 15.1. The number of hydrogen-bond acceptors (Lipinski definition) is 9. The first-order valence-corrected chi connectivity index (χ1v) is 12.9. The molecule has 12 nitrogen and oxygen atoms in total. The summed E-state index contributed by atoms with van der Waals surface area (Å²) < 4.78 is 42.7. The third-order valence-electron chi connectivity index (χ3n) is 7.69. The molecule has 3 aromatic heterocycles. The summed E-state index contributed by atoms with van der Waals surface area (Å²) in [6.45, 7) is 5.43. The number of carbonyl (C=O) groups is 2. The van der Waals surface area contributed by atoms with E-state index in [2.05, 4.69) is 25.3 Å². The minimum absolute atomic E-state index is 0.103. The molecule has 0 radical (unpaired) electrons. The number of piperazine rings is 1. The summed E-state index contributed by atoms with van der Waals surface area (Å²) in [6.07, 6.45) is 3.73. The quantitative estimate of drug-likeness (QED) is 0.450. The Morgan fingerprint density at radius 2 is 1.85 bits per heavy atom. The Kier molecular flexibility index (Phi) is 6.40. The predicted molar refractivity (Wildman–Crippen MR) is 137 cm³/mol. The molecule has 3 aliphatic rings. The van der Waals surface area contributed by atoms with Crippen LogP contribution in [0.3, 0.4) is 0 Å². The number of halogens is 2. The fourth-order valence-corrected chi connectivity index (χ4v) is 5.48. The van der Waals surface area contributed by atoms with Crippen molar-refractivity contribution in [2.45, 2.75) is 18.9 Å². The van der Waals surface area contributed by atoms with Crippen molar-refractivity contribution >= 4 is 34.7 Å². The van der Waals surface area contributed by atoms with E-state index in [-0.39, 0.29) is 40.2 Å². The van der Waals surface area contributed by atoms with Crippen LogP contribution in [0, 0.1) is 17.6 Å². The fraction of sp³-hybridized carbons (Fsp3) is 0.480. The summed E-state index contributed by atoms with van der Waals surface area (Å²) in [6, 6.07) is 0.462. The van der Waals surface area contributed by atoms with E-state index in [1.165, 1.54) is 6.20 Å². The van der Waals surface area contributed by atoms with Crippen molar-refractivity contribution in [1.29, 1.82) is 0 Å². The molecule has 39 heavy (non-hydrogen) atoms. The summed E-state index contributed by atoms with van der Waals surface area (Å²) in [4.78, 5) is 40.2. The van der Waals surface area contributed by atoms with Crippen LogP contribution in [-0.4, -0.2) is 99.7 Å². The zero-order valence-corrected chi connectivity index (χ0v) is 21.1. The number of ether oxygens (including phenoxy) is 1. The first kappa shape index (κ1) is 24.2. The van der Waals surface area contributed by atoms with Gasteiger partial charge < -0.3 is 25.6 Å². The lowest BCUT2D eigenvalue weighted by Gasteiger charge is -2.43. The average Bonchev–Trinajstić information content (AvgIpc) is 3.22. The summed E-state index contributed by atoms with van der Waals surface area (Å²) in [7, 11) is 0. The Morgan fingerprint density at radius 1 is 1.10 bits per heavy atom. The van der Waals surface area contributed by atoms with E-state index in [1.54, 1.807) is 4.90 Å². The van der Waals surface area contributed by atoms with Gasteiger partial charge in [-0.2, -0.15) is 0 Å². The van der Waals surface area contributed by atoms with E-state index < -0.39 is 23.7 Å². The molecule has 2 amide bonds. The van der Waals surface area contributed by atoms with Crippen molar-refractivity contribution in [3.05, 3.63) is 42.0 Å². The van der Waals surface area contributed by atoms with Crippen LogP contribution < -0.4 is 16.0 Å². The van der Waals surface area contributed by atoms with Crippen molar-refractivity contribution in [3.63, 3.8) is 0 Å². The molecule has 0 bridgehead atoms. The number of hydrogen-bond donors (Lipinski definition) is 2. The third-order valence-corrected chi connectivity index (χ3v) is 7.69. The molecule has 6 heterocycles. The summed E-state index contributed by atoms with van der Waals surface area (Å²) in [5.74, 6) is -2.54. The van der Waals surface area contributed by atoms with Crippen LogP contribution in [0.5, 0.6) is 0 Å². The number of nitrogens with one attached hydrogen (secondary N) is 1. The lowest BCUT2D eigenvalue weighted by molar-refractivity contribution is -0.140. The first-order valence-electron chi connectivity index (χ1n) is 13.4. The lowest BCUT2D eigenvalue weighted by Crippen LogP contribution is -2.58. The molecule has 0 spiro atoms. The lowest BCUT2D eigenvalue weighted by atomic mass is 9.95. The van der Waals surface area contributed by atoms with E-state index in [9.17, 15) is 14.0 Å². The number of nitrogens with two attached hydrogens (primary N) is 1. The molecule has 0 atom stereocenters. The molecule has 3 fully saturated rings. The molecule has 3 aromatic rings. The Morgan fingerprint density at radius 3 is 2.54 bits per heavy atom. The van der Waals surface area contributed by atoms with Gasteiger partial charge >= 0.3 is 0 Å². The molecule has 14 heteroatoms. The van der Waals surface area contributed by atoms with Gasteiger partial charge in [0.1, 0.15) is 11.3 Å². The molecule has 3 saturated heterocycles. The van der Waals surface area contributed by atoms with Crippen molar-refractivity contribution in [2.75, 3.05) is 68.4 Å². The number of anilines is 3. The van der Waals surface area contributed by atoms with Gasteiger partial charge in [0.25, 0.3) is 5.91 Å². The first-order chi connectivity index (χ1) is 19.3. The fourth-order valence-electron chi connectivity index (χ4n) is 5.48. The van der Waals surface area contributed by atoms with Crippen LogP contribution in [0.1, 0.15) is 24.6 Å². The molecular weight excluding hydrogens is 516 g/mol. The summed E-state index contributed by atoms with van der Waals surface area (Å²) in [5, 5.41) is 6.52. The highest BCUT2D eigenvalue weighted by Gasteiger charge is 2.34. The minimum atomic E-state index is -0.925. The van der Waals surface area contributed by atoms with Crippen LogP contribution >= 0.6 is 0 Å². The monoisotopic (exact) mass is 546 g/mol. The summed E-state index contributed by atoms with van der Waals surface area (Å²) >= 11 is 0. The molecule has 206 valence electrons. The van der Waals surface area contributed by atoms with Crippen LogP contribution in [0.2, 0.25) is 0 Å². The second kappa shape index (κ2) is 10.3. The SMILES string of the molecule is [2H]c1nc2c(C(=O)Nc3cncc(F)c3N3CCC(C(=O)N4[13CH2][13CH2]N(C5COC5)[13CH2][13CH2]4)CC3)c(N)nn2cc1F. The third kappa shape index (κ3) is 4.85. The van der Waals surface area contributed by atoms with Crippen LogP contribution in [-0.2, 0) is 9.53 Å². The van der Waals surface area contributed by atoms with Crippen molar-refractivity contribution in [3.8, 4) is 0 Å². The van der Waals surface area contributed by atoms with Gasteiger partial charge in [0, 0.05) is 45.2 Å². The maximum absolute atomic E-state index is 15.1. The second-order valence-corrected chi connectivity index (χ2v) is 10.0. The van der Waals surface area contributed by atoms with E-state index in [1.807, 2.05) is 4.90 Å².